The summed E-state index contributed by atoms with van der Waals surface area (Å²) >= 11 is 0. The molecule has 1 fully saturated rings. The van der Waals surface area contributed by atoms with Gasteiger partial charge in [0.25, 0.3) is 5.91 Å². The zero-order valence-electron chi connectivity index (χ0n) is 11.9. The molecule has 0 spiro atoms. The van der Waals surface area contributed by atoms with Gasteiger partial charge in [-0.05, 0) is 24.8 Å². The first-order chi connectivity index (χ1) is 9.56. The highest BCUT2D eigenvalue weighted by Crippen LogP contribution is 2.28. The van der Waals surface area contributed by atoms with E-state index in [4.69, 9.17) is 0 Å². The monoisotopic (exact) mass is 272 g/mol. The summed E-state index contributed by atoms with van der Waals surface area (Å²) in [6, 6.07) is 7.95. The highest BCUT2D eigenvalue weighted by atomic mass is 16.3. The summed E-state index contributed by atoms with van der Waals surface area (Å²) in [7, 11) is 3.80. The van der Waals surface area contributed by atoms with Crippen LogP contribution in [0.5, 0.6) is 0 Å². The lowest BCUT2D eigenvalue weighted by atomic mass is 9.82. The van der Waals surface area contributed by atoms with Gasteiger partial charge in [0.05, 0.1) is 11.7 Å². The molecule has 0 atom stereocenters. The molecule has 1 N–H and O–H groups in total. The third kappa shape index (κ3) is 2.20. The Kier molecular flexibility index (Phi) is 3.26. The van der Waals surface area contributed by atoms with Crippen LogP contribution < -0.4 is 0 Å². The third-order valence-corrected chi connectivity index (χ3v) is 4.22. The van der Waals surface area contributed by atoms with Crippen LogP contribution >= 0.6 is 0 Å². The fraction of sp³-hybridized carbons (Fsp3) is 0.438. The van der Waals surface area contributed by atoms with Gasteiger partial charge in [-0.3, -0.25) is 4.79 Å². The molecular weight excluding hydrogens is 252 g/mol. The number of carbonyl (C=O) groups excluding carboxylic acids is 1. The maximum atomic E-state index is 12.6. The molecule has 0 radical (unpaired) electrons. The van der Waals surface area contributed by atoms with Crippen molar-refractivity contribution in [2.24, 2.45) is 13.0 Å². The Balaban J connectivity index is 1.81. The highest BCUT2D eigenvalue weighted by Gasteiger charge is 2.29. The van der Waals surface area contributed by atoms with E-state index in [0.717, 1.165) is 35.9 Å². The zero-order valence-corrected chi connectivity index (χ0v) is 11.9. The molecule has 106 valence electrons. The number of hydrogen-bond donors (Lipinski definition) is 1. The van der Waals surface area contributed by atoms with E-state index in [1.54, 1.807) is 4.90 Å². The summed E-state index contributed by atoms with van der Waals surface area (Å²) in [6.45, 7) is 0.721. The molecule has 20 heavy (non-hydrogen) atoms. The van der Waals surface area contributed by atoms with Crippen molar-refractivity contribution in [1.82, 2.24) is 9.47 Å². The van der Waals surface area contributed by atoms with Crippen LogP contribution in [0, 0.1) is 5.92 Å². The molecule has 4 nitrogen and oxygen atoms in total. The number of fused-ring (bicyclic) bond motifs is 1. The van der Waals surface area contributed by atoms with Crippen LogP contribution in [0.1, 0.15) is 23.2 Å². The van der Waals surface area contributed by atoms with E-state index in [9.17, 15) is 9.90 Å². The minimum Gasteiger partial charge on any atom is -0.393 e. The van der Waals surface area contributed by atoms with E-state index in [2.05, 4.69) is 0 Å². The molecule has 0 unspecified atom stereocenters. The largest absolute Gasteiger partial charge is 0.393 e. The van der Waals surface area contributed by atoms with Crippen LogP contribution in [0.15, 0.2) is 30.5 Å². The van der Waals surface area contributed by atoms with E-state index >= 15 is 0 Å². The fourth-order valence-corrected chi connectivity index (χ4v) is 3.04. The van der Waals surface area contributed by atoms with Gasteiger partial charge in [0.1, 0.15) is 0 Å². The maximum Gasteiger partial charge on any atom is 0.255 e. The lowest BCUT2D eigenvalue weighted by molar-refractivity contribution is 0.0266. The quantitative estimate of drug-likeness (QED) is 0.929. The predicted molar refractivity (Wildman–Crippen MR) is 78.6 cm³/mol. The van der Waals surface area contributed by atoms with Crippen molar-refractivity contribution in [3.8, 4) is 0 Å². The average Bonchev–Trinajstić information content (AvgIpc) is 2.74. The number of aliphatic hydroxyl groups excluding tert-OH is 1. The number of aromatic nitrogens is 1. The SMILES string of the molecule is CN(CC1CC(O)C1)C(=O)c1cn(C)c2ccccc12. The molecule has 0 bridgehead atoms. The Morgan fingerprint density at radius 1 is 1.40 bits per heavy atom. The van der Waals surface area contributed by atoms with Crippen molar-refractivity contribution in [1.29, 1.82) is 0 Å². The van der Waals surface area contributed by atoms with Gasteiger partial charge in [-0.1, -0.05) is 18.2 Å². The summed E-state index contributed by atoms with van der Waals surface area (Å²) in [5, 5.41) is 10.3. The summed E-state index contributed by atoms with van der Waals surface area (Å²) < 4.78 is 1.99. The predicted octanol–water partition coefficient (Wildman–Crippen LogP) is 2.02. The van der Waals surface area contributed by atoms with Gasteiger partial charge in [0, 0.05) is 37.7 Å². The molecule has 1 saturated carbocycles. The first-order valence-corrected chi connectivity index (χ1v) is 7.04. The minimum atomic E-state index is -0.166. The van der Waals surface area contributed by atoms with Gasteiger partial charge in [-0.2, -0.15) is 0 Å². The number of aliphatic hydroxyl groups is 1. The number of nitrogens with zero attached hydrogens (tertiary/aromatic N) is 2. The lowest BCUT2D eigenvalue weighted by Crippen LogP contribution is -2.39. The molecule has 2 aromatic rings. The number of hydrogen-bond acceptors (Lipinski definition) is 2. The third-order valence-electron chi connectivity index (χ3n) is 4.22. The van der Waals surface area contributed by atoms with Gasteiger partial charge in [0.2, 0.25) is 0 Å². The van der Waals surface area contributed by atoms with Crippen LogP contribution in [0.2, 0.25) is 0 Å². The first kappa shape index (κ1) is 13.2. The number of aryl methyl sites for hydroxylation is 1. The zero-order chi connectivity index (χ0) is 14.3. The molecule has 1 aliphatic carbocycles. The van der Waals surface area contributed by atoms with Crippen LogP contribution in [-0.4, -0.2) is 40.2 Å². The second-order valence-electron chi connectivity index (χ2n) is 5.85. The molecule has 3 rings (SSSR count). The number of amides is 1. The number of benzene rings is 1. The van der Waals surface area contributed by atoms with Gasteiger partial charge >= 0.3 is 0 Å². The Hall–Kier alpha value is -1.81. The summed E-state index contributed by atoms with van der Waals surface area (Å²) in [6.07, 6.45) is 3.36. The first-order valence-electron chi connectivity index (χ1n) is 7.04. The molecule has 1 amide bonds. The van der Waals surface area contributed by atoms with Crippen molar-refractivity contribution < 1.29 is 9.90 Å². The maximum absolute atomic E-state index is 12.6. The number of para-hydroxylation sites is 1. The Morgan fingerprint density at radius 2 is 2.10 bits per heavy atom. The summed E-state index contributed by atoms with van der Waals surface area (Å²) in [5.74, 6) is 0.497. The molecule has 1 aromatic carbocycles. The van der Waals surface area contributed by atoms with Crippen molar-refractivity contribution >= 4 is 16.8 Å². The van der Waals surface area contributed by atoms with Crippen molar-refractivity contribution in [3.05, 3.63) is 36.0 Å². The topological polar surface area (TPSA) is 45.5 Å². The van der Waals surface area contributed by atoms with E-state index in [1.165, 1.54) is 0 Å². The normalized spacial score (nSPS) is 21.8. The van der Waals surface area contributed by atoms with Crippen molar-refractivity contribution in [2.75, 3.05) is 13.6 Å². The van der Waals surface area contributed by atoms with Crippen LogP contribution in [0.4, 0.5) is 0 Å². The summed E-state index contributed by atoms with van der Waals surface area (Å²) in [4.78, 5) is 14.4. The average molecular weight is 272 g/mol. The van der Waals surface area contributed by atoms with Crippen molar-refractivity contribution in [3.63, 3.8) is 0 Å². The van der Waals surface area contributed by atoms with Gasteiger partial charge < -0.3 is 14.6 Å². The number of carbonyl (C=O) groups is 1. The smallest absolute Gasteiger partial charge is 0.255 e. The van der Waals surface area contributed by atoms with E-state index < -0.39 is 0 Å². The van der Waals surface area contributed by atoms with Gasteiger partial charge in [-0.25, -0.2) is 0 Å². The van der Waals surface area contributed by atoms with Gasteiger partial charge in [-0.15, -0.1) is 0 Å². The standard InChI is InChI=1S/C16H20N2O2/c1-17-10-14(13-5-3-4-6-15(13)17)16(20)18(2)9-11-7-12(19)8-11/h3-6,10-12,19H,7-9H2,1-2H3. The highest BCUT2D eigenvalue weighted by molar-refractivity contribution is 6.06. The Bertz CT molecular complexity index is 641. The molecule has 1 aliphatic rings. The van der Waals surface area contributed by atoms with Crippen LogP contribution in [-0.2, 0) is 7.05 Å². The van der Waals surface area contributed by atoms with E-state index in [-0.39, 0.29) is 12.0 Å². The number of rotatable bonds is 3. The summed E-state index contributed by atoms with van der Waals surface area (Å²) in [5.41, 5.74) is 1.83. The minimum absolute atomic E-state index is 0.0585. The Labute approximate surface area is 118 Å². The fourth-order valence-electron chi connectivity index (χ4n) is 3.04. The van der Waals surface area contributed by atoms with E-state index in [0.29, 0.717) is 5.92 Å². The molecule has 4 heteroatoms. The van der Waals surface area contributed by atoms with Crippen LogP contribution in [0.3, 0.4) is 0 Å². The molecular formula is C16H20N2O2. The van der Waals surface area contributed by atoms with Crippen LogP contribution in [0.25, 0.3) is 10.9 Å². The molecule has 0 aliphatic heterocycles. The lowest BCUT2D eigenvalue weighted by Gasteiger charge is -2.34. The Morgan fingerprint density at radius 3 is 2.80 bits per heavy atom. The second kappa shape index (κ2) is 4.94. The molecule has 1 heterocycles. The molecule has 1 aromatic heterocycles. The van der Waals surface area contributed by atoms with Gasteiger partial charge in [0.15, 0.2) is 0 Å². The van der Waals surface area contributed by atoms with Crippen molar-refractivity contribution in [2.45, 2.75) is 18.9 Å². The molecule has 0 saturated heterocycles. The second-order valence-corrected chi connectivity index (χ2v) is 5.85. The van der Waals surface area contributed by atoms with E-state index in [1.807, 2.05) is 49.1 Å².